The summed E-state index contributed by atoms with van der Waals surface area (Å²) < 4.78 is 38.1. The van der Waals surface area contributed by atoms with Gasteiger partial charge in [0.25, 0.3) is 11.8 Å². The van der Waals surface area contributed by atoms with Gasteiger partial charge in [-0.25, -0.2) is 15.4 Å². The molecule has 1 aromatic carbocycles. The summed E-state index contributed by atoms with van der Waals surface area (Å²) in [5.41, 5.74) is 5.60. The largest absolute Gasteiger partial charge is 0.504 e. The van der Waals surface area contributed by atoms with Crippen LogP contribution in [0.5, 0.6) is 5.75 Å². The third-order valence-electron chi connectivity index (χ3n) is 8.74. The Bertz CT molecular complexity index is 2080. The Labute approximate surface area is 312 Å². The molecule has 6 rings (SSSR count). The van der Waals surface area contributed by atoms with Gasteiger partial charge in [0.2, 0.25) is 0 Å². The Kier molecular flexibility index (Phi) is 12.3. The van der Waals surface area contributed by atoms with Gasteiger partial charge < -0.3 is 30.3 Å². The molecule has 2 amide bonds. The van der Waals surface area contributed by atoms with Crippen LogP contribution in [-0.2, 0) is 22.8 Å². The second-order valence-electron chi connectivity index (χ2n) is 12.0. The summed E-state index contributed by atoms with van der Waals surface area (Å²) in [6.07, 6.45) is 3.90. The van der Waals surface area contributed by atoms with Gasteiger partial charge in [-0.05, 0) is 31.5 Å². The van der Waals surface area contributed by atoms with Gasteiger partial charge in [-0.2, -0.15) is 18.3 Å². The van der Waals surface area contributed by atoms with Crippen LogP contribution in [-0.4, -0.2) is 109 Å². The molecule has 1 saturated heterocycles. The van der Waals surface area contributed by atoms with Gasteiger partial charge >= 0.3 is 6.18 Å². The van der Waals surface area contributed by atoms with E-state index in [-0.39, 0.29) is 23.0 Å². The summed E-state index contributed by atoms with van der Waals surface area (Å²) in [6, 6.07) is 3.18. The van der Waals surface area contributed by atoms with E-state index in [2.05, 4.69) is 41.1 Å². The van der Waals surface area contributed by atoms with E-state index >= 15 is 0 Å². The fourth-order valence-corrected chi connectivity index (χ4v) is 6.08. The Balaban J connectivity index is 0.000000365. The molecule has 0 spiro atoms. The Hall–Kier alpha value is -5.82. The molecule has 286 valence electrons. The molecule has 0 aliphatic carbocycles. The highest BCUT2D eigenvalue weighted by Crippen LogP contribution is 2.33. The summed E-state index contributed by atoms with van der Waals surface area (Å²) in [4.78, 5) is 59.1. The van der Waals surface area contributed by atoms with Gasteiger partial charge in [0.15, 0.2) is 11.4 Å². The molecule has 3 aromatic heterocycles. The highest BCUT2D eigenvalue weighted by Gasteiger charge is 2.34. The van der Waals surface area contributed by atoms with Crippen LogP contribution in [0.3, 0.4) is 0 Å². The van der Waals surface area contributed by atoms with Crippen molar-refractivity contribution < 1.29 is 32.7 Å². The van der Waals surface area contributed by atoms with Crippen LogP contribution in [0.25, 0.3) is 10.9 Å². The Morgan fingerprint density at radius 2 is 1.89 bits per heavy atom. The molecule has 2 aliphatic rings. The number of hydrogen-bond donors (Lipinski definition) is 4. The molecule has 0 bridgehead atoms. The van der Waals surface area contributed by atoms with Crippen molar-refractivity contribution >= 4 is 52.6 Å². The van der Waals surface area contributed by atoms with E-state index in [9.17, 15) is 32.7 Å². The number of aldehydes is 1. The van der Waals surface area contributed by atoms with Crippen molar-refractivity contribution in [3.63, 3.8) is 0 Å². The second kappa shape index (κ2) is 16.9. The van der Waals surface area contributed by atoms with E-state index < -0.39 is 29.7 Å². The van der Waals surface area contributed by atoms with Crippen molar-refractivity contribution in [2.24, 2.45) is 12.0 Å². The molecular weight excluding hydrogens is 733 g/mol. The number of aromatic nitrogens is 5. The molecule has 0 saturated carbocycles. The number of carbonyl (C=O) groups excluding carboxylic acids is 3. The zero-order valence-electron chi connectivity index (χ0n) is 29.7. The number of halogens is 4. The lowest BCUT2D eigenvalue weighted by Crippen LogP contribution is -2.53. The van der Waals surface area contributed by atoms with Crippen molar-refractivity contribution in [2.75, 3.05) is 45.1 Å². The van der Waals surface area contributed by atoms with Crippen LogP contribution < -0.4 is 16.1 Å². The zero-order valence-corrected chi connectivity index (χ0v) is 30.5. The van der Waals surface area contributed by atoms with Crippen molar-refractivity contribution in [3.8, 4) is 5.75 Å². The normalized spacial score (nSPS) is 18.6. The van der Waals surface area contributed by atoms with E-state index in [0.717, 1.165) is 23.0 Å². The van der Waals surface area contributed by atoms with Gasteiger partial charge in [-0.3, -0.25) is 29.3 Å². The predicted molar refractivity (Wildman–Crippen MR) is 193 cm³/mol. The number of aromatic hydroxyl groups is 1. The monoisotopic (exact) mass is 770 g/mol. The maximum absolute atomic E-state index is 14.0. The maximum Gasteiger partial charge on any atom is 0.416 e. The van der Waals surface area contributed by atoms with E-state index in [1.807, 2.05) is 18.9 Å². The molecule has 0 radical (unpaired) electrons. The molecule has 54 heavy (non-hydrogen) atoms. The Morgan fingerprint density at radius 3 is 2.54 bits per heavy atom. The Morgan fingerprint density at radius 1 is 1.15 bits per heavy atom. The topological polar surface area (TPSA) is 186 Å². The molecule has 20 heteroatoms. The second-order valence-corrected chi connectivity index (χ2v) is 12.4. The highest BCUT2D eigenvalue weighted by atomic mass is 35.5. The first-order valence-electron chi connectivity index (χ1n) is 16.7. The number of pyridine rings is 1. The number of allylic oxidation sites excluding steroid dienone is 1. The minimum absolute atomic E-state index is 0.0543. The van der Waals surface area contributed by atoms with E-state index in [1.54, 1.807) is 42.1 Å². The fourth-order valence-electron chi connectivity index (χ4n) is 5.81. The number of carbonyl (C=O) groups is 3. The van der Waals surface area contributed by atoms with Gasteiger partial charge in [0.1, 0.15) is 24.5 Å². The molecule has 2 aliphatic heterocycles. The number of hydrogen-bond acceptors (Lipinski definition) is 13. The van der Waals surface area contributed by atoms with Crippen LogP contribution in [0.15, 0.2) is 59.5 Å². The first-order chi connectivity index (χ1) is 25.8. The minimum atomic E-state index is -4.34. The number of amides is 2. The van der Waals surface area contributed by atoms with Crippen LogP contribution in [0, 0.1) is 6.92 Å². The number of alkyl halides is 3. The molecular formula is C34H38ClF3N12O4. The number of benzene rings is 1. The predicted octanol–water partition coefficient (Wildman–Crippen LogP) is 3.41. The summed E-state index contributed by atoms with van der Waals surface area (Å²) in [7, 11) is 3.40. The number of piperazine rings is 1. The van der Waals surface area contributed by atoms with Crippen LogP contribution in [0.1, 0.15) is 46.8 Å². The van der Waals surface area contributed by atoms with Crippen molar-refractivity contribution in [1.29, 1.82) is 0 Å². The molecule has 1 fully saturated rings. The average molecular weight is 771 g/mol. The summed E-state index contributed by atoms with van der Waals surface area (Å²) >= 11 is 5.57. The third-order valence-corrected chi connectivity index (χ3v) is 9.05. The van der Waals surface area contributed by atoms with Gasteiger partial charge in [0, 0.05) is 63.1 Å². The first kappa shape index (κ1) is 39.4. The van der Waals surface area contributed by atoms with Crippen LogP contribution in [0.2, 0.25) is 5.02 Å². The fraction of sp³-hybridized carbons (Fsp3) is 0.353. The van der Waals surface area contributed by atoms with Gasteiger partial charge in [-0.15, -0.1) is 0 Å². The maximum atomic E-state index is 14.0. The average Bonchev–Trinajstić information content (AvgIpc) is 3.56. The third kappa shape index (κ3) is 8.52. The van der Waals surface area contributed by atoms with E-state index in [1.165, 1.54) is 23.7 Å². The lowest BCUT2D eigenvalue weighted by atomic mass is 10.1. The standard InChI is InChI=1S/C26H31N11O4.C8H7ClF3N/c1-4-19-22(35-5-7-36(8-6-35)25(40)21-23(39)16(2)28-14-30-21)26(41)37(9-10-38)33-24(31-15-29-19)18-11-27-13-20-17(18)12-32-34(20)3;1-13-7-3-2-5(4-6(7)9)8(10,11)12/h10-15,24,33,39H,4-9H2,1-3H3,(H,29,31);2-4,13H,1H3/b22-19+;. The van der Waals surface area contributed by atoms with E-state index in [0.29, 0.717) is 67.2 Å². The van der Waals surface area contributed by atoms with Crippen LogP contribution >= 0.6 is 11.6 Å². The molecule has 16 nitrogen and oxygen atoms in total. The minimum Gasteiger partial charge on any atom is -0.504 e. The molecule has 1 atom stereocenters. The number of nitrogens with one attached hydrogen (secondary N) is 3. The van der Waals surface area contributed by atoms with Crippen molar-refractivity contribution in [2.45, 2.75) is 32.6 Å². The molecule has 5 heterocycles. The number of aliphatic imine (C=N–C) groups is 1. The lowest BCUT2D eigenvalue weighted by molar-refractivity contribution is -0.137. The number of fused-ring (bicyclic) bond motifs is 1. The summed E-state index contributed by atoms with van der Waals surface area (Å²) in [5, 5.41) is 22.6. The van der Waals surface area contributed by atoms with Crippen molar-refractivity contribution in [1.82, 2.24) is 50.3 Å². The van der Waals surface area contributed by atoms with Gasteiger partial charge in [0.05, 0.1) is 52.8 Å². The van der Waals surface area contributed by atoms with Crippen LogP contribution in [0.4, 0.5) is 18.9 Å². The lowest BCUT2D eigenvalue weighted by Gasteiger charge is -2.38. The number of anilines is 1. The number of aryl methyl sites for hydroxylation is 2. The summed E-state index contributed by atoms with van der Waals surface area (Å²) in [6.45, 7) is 4.57. The van der Waals surface area contributed by atoms with Gasteiger partial charge in [-0.1, -0.05) is 18.5 Å². The van der Waals surface area contributed by atoms with E-state index in [4.69, 9.17) is 11.6 Å². The molecule has 4 N–H and O–H groups in total. The van der Waals surface area contributed by atoms with Crippen molar-refractivity contribution in [3.05, 3.63) is 82.0 Å². The SMILES string of the molecule is CC/C1=C(\N2CCN(C(=O)c3ncnc(C)c3O)CC2)C(=O)N(CC=O)NC(c2cncc3c2cnn3C)/N=C/N1.CNc1ccc(C(F)(F)F)cc1Cl. The zero-order chi connectivity index (χ0) is 39.2. The quantitative estimate of drug-likeness (QED) is 0.201. The molecule has 1 unspecified atom stereocenters. The number of hydrazine groups is 1. The first-order valence-corrected chi connectivity index (χ1v) is 17.0. The smallest absolute Gasteiger partial charge is 0.416 e. The number of nitrogens with zero attached hydrogens (tertiary/aromatic N) is 9. The molecule has 4 aromatic rings. The summed E-state index contributed by atoms with van der Waals surface area (Å²) in [5.74, 6) is -1.06. The number of rotatable bonds is 7. The highest BCUT2D eigenvalue weighted by molar-refractivity contribution is 6.33.